The molecule has 2 amide bonds. The van der Waals surface area contributed by atoms with Crippen LogP contribution in [0.5, 0.6) is 0 Å². The number of nitrogens with one attached hydrogen (secondary N) is 2. The summed E-state index contributed by atoms with van der Waals surface area (Å²) in [6.07, 6.45) is 0.920. The Labute approximate surface area is 176 Å². The van der Waals surface area contributed by atoms with Crippen LogP contribution in [0.3, 0.4) is 0 Å². The molecule has 1 atom stereocenters. The molecule has 0 aliphatic carbocycles. The molecular formula is C20H28N4O5S. The Bertz CT molecular complexity index is 936. The molecule has 0 aromatic heterocycles. The molecule has 2 aliphatic rings. The van der Waals surface area contributed by atoms with E-state index in [0.29, 0.717) is 38.1 Å². The lowest BCUT2D eigenvalue weighted by atomic mass is 10.0. The molecule has 2 aliphatic heterocycles. The number of amidine groups is 1. The van der Waals surface area contributed by atoms with Crippen LogP contribution >= 0.6 is 0 Å². The molecule has 10 heteroatoms. The van der Waals surface area contributed by atoms with Crippen LogP contribution in [-0.2, 0) is 19.6 Å². The lowest BCUT2D eigenvalue weighted by Gasteiger charge is -2.32. The molecule has 9 nitrogen and oxygen atoms in total. The van der Waals surface area contributed by atoms with Gasteiger partial charge in [0.15, 0.2) is 0 Å². The summed E-state index contributed by atoms with van der Waals surface area (Å²) in [5.74, 6) is -0.193. The van der Waals surface area contributed by atoms with Crippen molar-refractivity contribution in [2.75, 3.05) is 19.7 Å². The first-order chi connectivity index (χ1) is 14.2. The van der Waals surface area contributed by atoms with Gasteiger partial charge in [0.05, 0.1) is 11.5 Å². The zero-order valence-electron chi connectivity index (χ0n) is 17.4. The van der Waals surface area contributed by atoms with E-state index in [-0.39, 0.29) is 34.7 Å². The van der Waals surface area contributed by atoms with Crippen LogP contribution in [0, 0.1) is 5.92 Å². The maximum Gasteiger partial charge on any atom is 0.409 e. The molecule has 164 valence electrons. The van der Waals surface area contributed by atoms with E-state index in [9.17, 15) is 18.0 Å². The highest BCUT2D eigenvalue weighted by molar-refractivity contribution is 7.90. The summed E-state index contributed by atoms with van der Waals surface area (Å²) in [6, 6.07) is 5.76. The van der Waals surface area contributed by atoms with E-state index in [1.807, 2.05) is 13.8 Å². The van der Waals surface area contributed by atoms with E-state index in [1.54, 1.807) is 30.0 Å². The van der Waals surface area contributed by atoms with Gasteiger partial charge in [0.2, 0.25) is 5.91 Å². The van der Waals surface area contributed by atoms with Crippen LogP contribution in [0.15, 0.2) is 34.2 Å². The number of hydrogen-bond acceptors (Lipinski definition) is 6. The van der Waals surface area contributed by atoms with Gasteiger partial charge in [0, 0.05) is 24.7 Å². The predicted molar refractivity (Wildman–Crippen MR) is 112 cm³/mol. The smallest absolute Gasteiger partial charge is 0.409 e. The molecule has 0 saturated carbocycles. The van der Waals surface area contributed by atoms with Crippen molar-refractivity contribution in [1.29, 1.82) is 0 Å². The second-order valence-corrected chi connectivity index (χ2v) is 9.39. The monoisotopic (exact) mass is 436 g/mol. The number of rotatable bonds is 5. The predicted octanol–water partition coefficient (Wildman–Crippen LogP) is 1.49. The molecule has 2 heterocycles. The fraction of sp³-hybridized carbons (Fsp3) is 0.550. The first kappa shape index (κ1) is 22.1. The zero-order chi connectivity index (χ0) is 21.9. The summed E-state index contributed by atoms with van der Waals surface area (Å²) in [5.41, 5.74) is 0.471. The highest BCUT2D eigenvalue weighted by Gasteiger charge is 2.33. The number of aliphatic imine (C=N–C) groups is 1. The Morgan fingerprint density at radius 2 is 1.93 bits per heavy atom. The molecular weight excluding hydrogens is 408 g/mol. The van der Waals surface area contributed by atoms with Gasteiger partial charge in [-0.25, -0.2) is 13.2 Å². The van der Waals surface area contributed by atoms with Crippen LogP contribution in [0.2, 0.25) is 0 Å². The Hall–Kier alpha value is -2.62. The number of sulfonamides is 1. The van der Waals surface area contributed by atoms with E-state index in [0.717, 1.165) is 0 Å². The lowest BCUT2D eigenvalue weighted by molar-refractivity contribution is -0.124. The van der Waals surface area contributed by atoms with Crippen LogP contribution < -0.4 is 10.0 Å². The first-order valence-electron chi connectivity index (χ1n) is 10.1. The highest BCUT2D eigenvalue weighted by Crippen LogP contribution is 2.23. The average molecular weight is 437 g/mol. The van der Waals surface area contributed by atoms with Crippen molar-refractivity contribution >= 4 is 27.9 Å². The van der Waals surface area contributed by atoms with Crippen molar-refractivity contribution < 1.29 is 22.7 Å². The number of benzene rings is 1. The van der Waals surface area contributed by atoms with Crippen molar-refractivity contribution in [3.63, 3.8) is 0 Å². The number of likely N-dealkylation sites (tertiary alicyclic amines) is 1. The van der Waals surface area contributed by atoms with Crippen LogP contribution in [0.4, 0.5) is 4.79 Å². The molecule has 30 heavy (non-hydrogen) atoms. The van der Waals surface area contributed by atoms with Crippen LogP contribution in [-0.4, -0.2) is 62.9 Å². The van der Waals surface area contributed by atoms with Gasteiger partial charge in [-0.3, -0.25) is 14.5 Å². The SMILES string of the molecule is CCOC(=O)N1CCC(NC(=O)[C@@H](N=C2NS(=O)(=O)c3ccccc32)C(C)C)CC1. The molecule has 0 bridgehead atoms. The molecule has 0 radical (unpaired) electrons. The summed E-state index contributed by atoms with van der Waals surface area (Å²) >= 11 is 0. The fourth-order valence-corrected chi connectivity index (χ4v) is 4.83. The summed E-state index contributed by atoms with van der Waals surface area (Å²) < 4.78 is 32.1. The third-order valence-corrected chi connectivity index (χ3v) is 6.60. The van der Waals surface area contributed by atoms with Crippen molar-refractivity contribution in [1.82, 2.24) is 14.9 Å². The Morgan fingerprint density at radius 1 is 1.27 bits per heavy atom. The van der Waals surface area contributed by atoms with Gasteiger partial charge in [-0.2, -0.15) is 0 Å². The van der Waals surface area contributed by atoms with E-state index in [2.05, 4.69) is 15.0 Å². The van der Waals surface area contributed by atoms with Gasteiger partial charge in [-0.05, 0) is 37.8 Å². The average Bonchev–Trinajstić information content (AvgIpc) is 2.97. The molecule has 1 saturated heterocycles. The maximum absolute atomic E-state index is 12.9. The summed E-state index contributed by atoms with van der Waals surface area (Å²) in [6.45, 7) is 6.86. The number of piperidine rings is 1. The van der Waals surface area contributed by atoms with E-state index in [1.165, 1.54) is 6.07 Å². The molecule has 0 spiro atoms. The fourth-order valence-electron chi connectivity index (χ4n) is 3.59. The van der Waals surface area contributed by atoms with Crippen molar-refractivity contribution in [2.24, 2.45) is 10.9 Å². The van der Waals surface area contributed by atoms with Gasteiger partial charge in [0.25, 0.3) is 10.0 Å². The lowest BCUT2D eigenvalue weighted by Crippen LogP contribution is -2.49. The van der Waals surface area contributed by atoms with Gasteiger partial charge in [-0.15, -0.1) is 0 Å². The second kappa shape index (κ2) is 9.03. The summed E-state index contributed by atoms with van der Waals surface area (Å²) in [5, 5.41) is 3.01. The zero-order valence-corrected chi connectivity index (χ0v) is 18.2. The number of nitrogens with zero attached hydrogens (tertiary/aromatic N) is 2. The summed E-state index contributed by atoms with van der Waals surface area (Å²) in [7, 11) is -3.66. The standard InChI is InChI=1S/C20H28N4O5S/c1-4-29-20(26)24-11-9-14(10-12-24)21-19(25)17(13(2)3)22-18-15-7-5-6-8-16(15)30(27,28)23-18/h5-8,13-14,17H,4,9-12H2,1-3H3,(H,21,25)(H,22,23)/t17-/m0/s1. The number of ether oxygens (including phenoxy) is 1. The number of amides is 2. The molecule has 2 N–H and O–H groups in total. The number of carbonyl (C=O) groups is 2. The minimum atomic E-state index is -3.66. The summed E-state index contributed by atoms with van der Waals surface area (Å²) in [4.78, 5) is 31.0. The third-order valence-electron chi connectivity index (χ3n) is 5.20. The minimum Gasteiger partial charge on any atom is -0.450 e. The first-order valence-corrected chi connectivity index (χ1v) is 11.6. The Balaban J connectivity index is 1.69. The maximum atomic E-state index is 12.9. The molecule has 1 fully saturated rings. The molecule has 3 rings (SSSR count). The highest BCUT2D eigenvalue weighted by atomic mass is 32.2. The normalized spacial score (nSPS) is 20.5. The van der Waals surface area contributed by atoms with Gasteiger partial charge in [0.1, 0.15) is 11.9 Å². The molecule has 0 unspecified atom stereocenters. The van der Waals surface area contributed by atoms with Gasteiger partial charge < -0.3 is 15.0 Å². The third kappa shape index (κ3) is 4.75. The quantitative estimate of drug-likeness (QED) is 0.725. The number of fused-ring (bicyclic) bond motifs is 1. The number of hydrogen-bond donors (Lipinski definition) is 2. The van der Waals surface area contributed by atoms with E-state index >= 15 is 0 Å². The topological polar surface area (TPSA) is 117 Å². The minimum absolute atomic E-state index is 0.0721. The number of carbonyl (C=O) groups excluding carboxylic acids is 2. The van der Waals surface area contributed by atoms with E-state index < -0.39 is 16.1 Å². The Morgan fingerprint density at radius 3 is 2.57 bits per heavy atom. The molecule has 1 aromatic rings. The largest absolute Gasteiger partial charge is 0.450 e. The van der Waals surface area contributed by atoms with Gasteiger partial charge >= 0.3 is 6.09 Å². The van der Waals surface area contributed by atoms with Gasteiger partial charge in [-0.1, -0.05) is 26.0 Å². The molecule has 1 aromatic carbocycles. The Kier molecular flexibility index (Phi) is 6.64. The van der Waals surface area contributed by atoms with Crippen LogP contribution in [0.25, 0.3) is 0 Å². The van der Waals surface area contributed by atoms with Crippen molar-refractivity contribution in [2.45, 2.75) is 50.6 Å². The van der Waals surface area contributed by atoms with Crippen molar-refractivity contribution in [3.05, 3.63) is 29.8 Å². The van der Waals surface area contributed by atoms with E-state index in [4.69, 9.17) is 4.74 Å². The van der Waals surface area contributed by atoms with Crippen molar-refractivity contribution in [3.8, 4) is 0 Å². The van der Waals surface area contributed by atoms with Crippen LogP contribution in [0.1, 0.15) is 39.2 Å². The second-order valence-electron chi connectivity index (χ2n) is 7.74.